The van der Waals surface area contributed by atoms with E-state index in [2.05, 4.69) is 40.1 Å². The molecule has 0 amide bonds. The largest absolute Gasteiger partial charge is 0.393 e. The van der Waals surface area contributed by atoms with Crippen molar-refractivity contribution in [3.05, 3.63) is 29.8 Å². The van der Waals surface area contributed by atoms with E-state index in [9.17, 15) is 5.11 Å². The smallest absolute Gasteiger partial charge is 0.0640 e. The number of nitriles is 1. The fourth-order valence-electron chi connectivity index (χ4n) is 2.54. The first-order valence-corrected chi connectivity index (χ1v) is 7.26. The molecule has 0 saturated carbocycles. The second-order valence-electron chi connectivity index (χ2n) is 5.50. The fraction of sp³-hybridized carbons (Fsp3) is 0.562. The van der Waals surface area contributed by atoms with Crippen LogP contribution in [0, 0.1) is 11.3 Å². The van der Waals surface area contributed by atoms with Crippen LogP contribution in [-0.4, -0.2) is 42.8 Å². The van der Waals surface area contributed by atoms with E-state index < -0.39 is 0 Å². The molecule has 0 aromatic heterocycles. The molecule has 1 aliphatic rings. The van der Waals surface area contributed by atoms with Crippen molar-refractivity contribution < 1.29 is 5.11 Å². The minimum absolute atomic E-state index is 0.109. The summed E-state index contributed by atoms with van der Waals surface area (Å²) in [4.78, 5) is 4.49. The van der Waals surface area contributed by atoms with Crippen molar-refractivity contribution >= 4 is 5.69 Å². The lowest BCUT2D eigenvalue weighted by atomic mass is 10.1. The molecule has 108 valence electrons. The molecule has 4 nitrogen and oxygen atoms in total. The number of anilines is 1. The van der Waals surface area contributed by atoms with Gasteiger partial charge in [-0.25, -0.2) is 0 Å². The molecular weight excluding hydrogens is 250 g/mol. The Morgan fingerprint density at radius 2 is 1.95 bits per heavy atom. The average molecular weight is 273 g/mol. The number of likely N-dealkylation sites (tertiary alicyclic amines) is 1. The highest BCUT2D eigenvalue weighted by atomic mass is 16.3. The lowest BCUT2D eigenvalue weighted by Gasteiger charge is -2.29. The molecule has 0 unspecified atom stereocenters. The Bertz CT molecular complexity index is 444. The van der Waals surface area contributed by atoms with Crippen molar-refractivity contribution in [1.29, 1.82) is 5.26 Å². The Hall–Kier alpha value is -1.57. The van der Waals surface area contributed by atoms with Crippen LogP contribution in [0.15, 0.2) is 24.3 Å². The van der Waals surface area contributed by atoms with Crippen LogP contribution in [0.25, 0.3) is 0 Å². The van der Waals surface area contributed by atoms with Crippen molar-refractivity contribution in [2.75, 3.05) is 31.6 Å². The van der Waals surface area contributed by atoms with Gasteiger partial charge in [-0.1, -0.05) is 12.1 Å². The first-order chi connectivity index (χ1) is 9.69. The normalized spacial score (nSPS) is 16.9. The summed E-state index contributed by atoms with van der Waals surface area (Å²) in [7, 11) is 2.01. The highest BCUT2D eigenvalue weighted by Crippen LogP contribution is 2.17. The summed E-state index contributed by atoms with van der Waals surface area (Å²) in [5.74, 6) is 0. The van der Waals surface area contributed by atoms with Gasteiger partial charge in [-0.3, -0.25) is 4.90 Å². The molecule has 1 aromatic carbocycles. The summed E-state index contributed by atoms with van der Waals surface area (Å²) in [6, 6.07) is 10.7. The summed E-state index contributed by atoms with van der Waals surface area (Å²) < 4.78 is 0. The number of nitrogens with zero attached hydrogens (tertiary/aromatic N) is 3. The minimum Gasteiger partial charge on any atom is -0.393 e. The average Bonchev–Trinajstić information content (AvgIpc) is 2.48. The Kier molecular flexibility index (Phi) is 5.40. The zero-order chi connectivity index (χ0) is 14.4. The van der Waals surface area contributed by atoms with Gasteiger partial charge in [-0.15, -0.1) is 0 Å². The number of rotatable bonds is 5. The zero-order valence-electron chi connectivity index (χ0n) is 12.1. The zero-order valence-corrected chi connectivity index (χ0v) is 12.1. The molecule has 1 saturated heterocycles. The van der Waals surface area contributed by atoms with Crippen LogP contribution in [0.1, 0.15) is 24.8 Å². The summed E-state index contributed by atoms with van der Waals surface area (Å²) in [5.41, 5.74) is 2.46. The van der Waals surface area contributed by atoms with Crippen LogP contribution >= 0.6 is 0 Å². The predicted molar refractivity (Wildman–Crippen MR) is 80.5 cm³/mol. The molecule has 2 rings (SSSR count). The lowest BCUT2D eigenvalue weighted by molar-refractivity contribution is 0.0792. The highest BCUT2D eigenvalue weighted by molar-refractivity contribution is 5.46. The third-order valence-electron chi connectivity index (χ3n) is 3.90. The third kappa shape index (κ3) is 4.22. The minimum atomic E-state index is -0.109. The topological polar surface area (TPSA) is 50.5 Å². The molecule has 20 heavy (non-hydrogen) atoms. The van der Waals surface area contributed by atoms with Crippen LogP contribution in [-0.2, 0) is 6.54 Å². The van der Waals surface area contributed by atoms with E-state index >= 15 is 0 Å². The monoisotopic (exact) mass is 273 g/mol. The van der Waals surface area contributed by atoms with Crippen LogP contribution in [0.3, 0.4) is 0 Å². The van der Waals surface area contributed by atoms with E-state index in [0.717, 1.165) is 44.7 Å². The van der Waals surface area contributed by atoms with Gasteiger partial charge in [0.2, 0.25) is 0 Å². The van der Waals surface area contributed by atoms with Crippen LogP contribution in [0.4, 0.5) is 5.69 Å². The summed E-state index contributed by atoms with van der Waals surface area (Å²) >= 11 is 0. The molecule has 0 atom stereocenters. The van der Waals surface area contributed by atoms with Crippen LogP contribution in [0.2, 0.25) is 0 Å². The van der Waals surface area contributed by atoms with Gasteiger partial charge >= 0.3 is 0 Å². The van der Waals surface area contributed by atoms with Gasteiger partial charge in [0.05, 0.1) is 18.6 Å². The van der Waals surface area contributed by atoms with Gasteiger partial charge < -0.3 is 10.0 Å². The fourth-order valence-corrected chi connectivity index (χ4v) is 2.54. The van der Waals surface area contributed by atoms with Gasteiger partial charge in [0.15, 0.2) is 0 Å². The maximum Gasteiger partial charge on any atom is 0.0640 e. The van der Waals surface area contributed by atoms with Gasteiger partial charge in [-0.2, -0.15) is 5.26 Å². The standard InChI is InChI=1S/C16H23N3O/c1-18(10-2-9-17)15-5-3-14(4-6-15)13-19-11-7-16(20)8-12-19/h3-6,16,20H,2,7-8,10-13H2,1H3. The number of hydrogen-bond acceptors (Lipinski definition) is 4. The summed E-state index contributed by atoms with van der Waals surface area (Å²) in [6.07, 6.45) is 2.21. The van der Waals surface area contributed by atoms with E-state index in [-0.39, 0.29) is 6.10 Å². The molecular formula is C16H23N3O. The first kappa shape index (κ1) is 14.8. The van der Waals surface area contributed by atoms with Crippen molar-refractivity contribution in [3.8, 4) is 6.07 Å². The molecule has 0 radical (unpaired) electrons. The third-order valence-corrected chi connectivity index (χ3v) is 3.90. The molecule has 0 aliphatic carbocycles. The Morgan fingerprint density at radius 1 is 1.30 bits per heavy atom. The molecule has 0 spiro atoms. The van der Waals surface area contributed by atoms with E-state index in [1.165, 1.54) is 5.56 Å². The number of aliphatic hydroxyl groups excluding tert-OH is 1. The maximum atomic E-state index is 9.51. The van der Waals surface area contributed by atoms with E-state index in [1.54, 1.807) is 0 Å². The van der Waals surface area contributed by atoms with Gasteiger partial charge in [0, 0.05) is 38.9 Å². The van der Waals surface area contributed by atoms with E-state index in [4.69, 9.17) is 5.26 Å². The second kappa shape index (κ2) is 7.28. The van der Waals surface area contributed by atoms with Crippen LogP contribution in [0.5, 0.6) is 0 Å². The Labute approximate surface area is 121 Å². The summed E-state index contributed by atoms with van der Waals surface area (Å²) in [5, 5.41) is 18.1. The van der Waals surface area contributed by atoms with Gasteiger partial charge in [0.25, 0.3) is 0 Å². The molecule has 1 N–H and O–H groups in total. The number of aliphatic hydroxyl groups is 1. The summed E-state index contributed by atoms with van der Waals surface area (Å²) in [6.45, 7) is 3.67. The molecule has 1 fully saturated rings. The number of piperidine rings is 1. The van der Waals surface area contributed by atoms with Crippen molar-refractivity contribution in [2.24, 2.45) is 0 Å². The van der Waals surface area contributed by atoms with Gasteiger partial charge in [-0.05, 0) is 30.5 Å². The number of hydrogen-bond donors (Lipinski definition) is 1. The van der Waals surface area contributed by atoms with Crippen molar-refractivity contribution in [2.45, 2.75) is 31.9 Å². The highest BCUT2D eigenvalue weighted by Gasteiger charge is 2.16. The molecule has 1 aliphatic heterocycles. The van der Waals surface area contributed by atoms with Crippen molar-refractivity contribution in [1.82, 2.24) is 4.90 Å². The van der Waals surface area contributed by atoms with E-state index in [0.29, 0.717) is 6.42 Å². The maximum absolute atomic E-state index is 9.51. The number of benzene rings is 1. The van der Waals surface area contributed by atoms with Gasteiger partial charge in [0.1, 0.15) is 0 Å². The second-order valence-corrected chi connectivity index (χ2v) is 5.50. The van der Waals surface area contributed by atoms with Crippen LogP contribution < -0.4 is 4.90 Å². The van der Waals surface area contributed by atoms with E-state index in [1.807, 2.05) is 7.05 Å². The molecule has 4 heteroatoms. The molecule has 0 bridgehead atoms. The SMILES string of the molecule is CN(CCC#N)c1ccc(CN2CCC(O)CC2)cc1. The predicted octanol–water partition coefficient (Wildman–Crippen LogP) is 1.99. The molecule has 1 heterocycles. The molecule has 1 aromatic rings. The quantitative estimate of drug-likeness (QED) is 0.891. The lowest BCUT2D eigenvalue weighted by Crippen LogP contribution is -2.35. The van der Waals surface area contributed by atoms with Crippen molar-refractivity contribution in [3.63, 3.8) is 0 Å². The Morgan fingerprint density at radius 3 is 2.55 bits per heavy atom. The first-order valence-electron chi connectivity index (χ1n) is 7.26. The Balaban J connectivity index is 1.86.